The van der Waals surface area contributed by atoms with E-state index in [0.717, 1.165) is 39.9 Å². The fourth-order valence-electron chi connectivity index (χ4n) is 3.55. The van der Waals surface area contributed by atoms with Gasteiger partial charge in [-0.3, -0.25) is 4.79 Å². The van der Waals surface area contributed by atoms with Gasteiger partial charge in [-0.2, -0.15) is 0 Å². The number of benzene rings is 3. The standard InChI is InChI=1S/C23H18N2O2/c1-2-15-7-9-16(10-8-15)22-24-20-13-18(11-12-21(20)27-22)25-14-17-5-3-4-6-19(17)23(25)26/h3-13H,2,14H2,1H3. The highest BCUT2D eigenvalue weighted by Crippen LogP contribution is 2.32. The van der Waals surface area contributed by atoms with Crippen LogP contribution in [-0.2, 0) is 13.0 Å². The zero-order valence-electron chi connectivity index (χ0n) is 15.0. The Labute approximate surface area is 157 Å². The van der Waals surface area contributed by atoms with Gasteiger partial charge in [0, 0.05) is 16.8 Å². The minimum absolute atomic E-state index is 0.0313. The molecule has 4 heteroatoms. The zero-order chi connectivity index (χ0) is 18.4. The van der Waals surface area contributed by atoms with Crippen LogP contribution in [0, 0.1) is 0 Å². The van der Waals surface area contributed by atoms with Crippen LogP contribution in [0.5, 0.6) is 0 Å². The van der Waals surface area contributed by atoms with E-state index in [4.69, 9.17) is 4.42 Å². The molecule has 0 N–H and O–H groups in total. The summed E-state index contributed by atoms with van der Waals surface area (Å²) in [6.07, 6.45) is 1.00. The number of hydrogen-bond donors (Lipinski definition) is 0. The molecule has 132 valence electrons. The Balaban J connectivity index is 1.50. The molecule has 0 aliphatic carbocycles. The molecule has 2 heterocycles. The summed E-state index contributed by atoms with van der Waals surface area (Å²) in [5.41, 5.74) is 6.38. The second-order valence-corrected chi connectivity index (χ2v) is 6.77. The van der Waals surface area contributed by atoms with Crippen molar-refractivity contribution in [1.82, 2.24) is 4.98 Å². The van der Waals surface area contributed by atoms with Gasteiger partial charge in [0.1, 0.15) is 5.52 Å². The third-order valence-corrected chi connectivity index (χ3v) is 5.11. The van der Waals surface area contributed by atoms with Gasteiger partial charge in [0.25, 0.3) is 5.91 Å². The number of aromatic nitrogens is 1. The van der Waals surface area contributed by atoms with E-state index in [1.807, 2.05) is 54.6 Å². The monoisotopic (exact) mass is 354 g/mol. The molecule has 1 amide bonds. The molecule has 0 spiro atoms. The summed E-state index contributed by atoms with van der Waals surface area (Å²) < 4.78 is 5.92. The van der Waals surface area contributed by atoms with Crippen LogP contribution in [0.25, 0.3) is 22.6 Å². The van der Waals surface area contributed by atoms with Crippen LogP contribution < -0.4 is 4.90 Å². The second kappa shape index (κ2) is 6.09. The molecule has 0 atom stereocenters. The normalized spacial score (nSPS) is 13.4. The van der Waals surface area contributed by atoms with E-state index in [1.165, 1.54) is 5.56 Å². The zero-order valence-corrected chi connectivity index (χ0v) is 15.0. The summed E-state index contributed by atoms with van der Waals surface area (Å²) in [5, 5.41) is 0. The van der Waals surface area contributed by atoms with Crippen LogP contribution in [0.15, 0.2) is 71.1 Å². The number of nitrogens with zero attached hydrogens (tertiary/aromatic N) is 2. The van der Waals surface area contributed by atoms with Crippen molar-refractivity contribution in [3.63, 3.8) is 0 Å². The maximum atomic E-state index is 12.7. The quantitative estimate of drug-likeness (QED) is 0.507. The van der Waals surface area contributed by atoms with E-state index in [1.54, 1.807) is 4.90 Å². The van der Waals surface area contributed by atoms with Gasteiger partial charge in [-0.05, 0) is 53.9 Å². The summed E-state index contributed by atoms with van der Waals surface area (Å²) >= 11 is 0. The topological polar surface area (TPSA) is 46.3 Å². The average Bonchev–Trinajstić information content (AvgIpc) is 3.29. The van der Waals surface area contributed by atoms with Crippen molar-refractivity contribution in [2.24, 2.45) is 0 Å². The van der Waals surface area contributed by atoms with Crippen molar-refractivity contribution in [3.05, 3.63) is 83.4 Å². The number of carbonyl (C=O) groups is 1. The third-order valence-electron chi connectivity index (χ3n) is 5.11. The van der Waals surface area contributed by atoms with Gasteiger partial charge < -0.3 is 9.32 Å². The highest BCUT2D eigenvalue weighted by atomic mass is 16.3. The summed E-state index contributed by atoms with van der Waals surface area (Å²) in [7, 11) is 0. The molecule has 0 saturated heterocycles. The van der Waals surface area contributed by atoms with Gasteiger partial charge in [-0.1, -0.05) is 37.3 Å². The highest BCUT2D eigenvalue weighted by molar-refractivity contribution is 6.10. The average molecular weight is 354 g/mol. The Morgan fingerprint density at radius 3 is 2.63 bits per heavy atom. The van der Waals surface area contributed by atoms with Crippen LogP contribution >= 0.6 is 0 Å². The van der Waals surface area contributed by atoms with Crippen molar-refractivity contribution in [1.29, 1.82) is 0 Å². The lowest BCUT2D eigenvalue weighted by Crippen LogP contribution is -2.22. The first-order chi connectivity index (χ1) is 13.2. The number of amides is 1. The van der Waals surface area contributed by atoms with Gasteiger partial charge in [0.2, 0.25) is 5.89 Å². The van der Waals surface area contributed by atoms with E-state index in [9.17, 15) is 4.79 Å². The van der Waals surface area contributed by atoms with Gasteiger partial charge in [0.05, 0.1) is 6.54 Å². The van der Waals surface area contributed by atoms with Crippen molar-refractivity contribution >= 4 is 22.7 Å². The lowest BCUT2D eigenvalue weighted by Gasteiger charge is -2.15. The molecule has 4 nitrogen and oxygen atoms in total. The Hall–Kier alpha value is -3.40. The Kier molecular flexibility index (Phi) is 3.57. The minimum Gasteiger partial charge on any atom is -0.436 e. The van der Waals surface area contributed by atoms with Crippen LogP contribution in [0.4, 0.5) is 5.69 Å². The second-order valence-electron chi connectivity index (χ2n) is 6.77. The minimum atomic E-state index is 0.0313. The van der Waals surface area contributed by atoms with Crippen LogP contribution in [-0.4, -0.2) is 10.9 Å². The molecule has 0 saturated carbocycles. The van der Waals surface area contributed by atoms with E-state index < -0.39 is 0 Å². The molecule has 0 bridgehead atoms. The van der Waals surface area contributed by atoms with E-state index >= 15 is 0 Å². The van der Waals surface area contributed by atoms with Crippen molar-refractivity contribution in [2.75, 3.05) is 4.90 Å². The number of carbonyl (C=O) groups excluding carboxylic acids is 1. The van der Waals surface area contributed by atoms with Gasteiger partial charge in [-0.25, -0.2) is 4.98 Å². The van der Waals surface area contributed by atoms with E-state index in [-0.39, 0.29) is 5.91 Å². The molecule has 1 aliphatic rings. The van der Waals surface area contributed by atoms with Crippen LogP contribution in [0.3, 0.4) is 0 Å². The number of oxazole rings is 1. The number of anilines is 1. The van der Waals surface area contributed by atoms with Gasteiger partial charge in [0.15, 0.2) is 5.58 Å². The molecular weight excluding hydrogens is 336 g/mol. The molecule has 4 aromatic rings. The first-order valence-corrected chi connectivity index (χ1v) is 9.12. The number of rotatable bonds is 3. The Morgan fingerprint density at radius 1 is 1.04 bits per heavy atom. The summed E-state index contributed by atoms with van der Waals surface area (Å²) in [4.78, 5) is 19.1. The van der Waals surface area contributed by atoms with E-state index in [0.29, 0.717) is 12.4 Å². The highest BCUT2D eigenvalue weighted by Gasteiger charge is 2.28. The summed E-state index contributed by atoms with van der Waals surface area (Å²) in [6, 6.07) is 21.7. The molecule has 0 unspecified atom stereocenters. The predicted molar refractivity (Wildman–Crippen MR) is 106 cm³/mol. The molecule has 5 rings (SSSR count). The summed E-state index contributed by atoms with van der Waals surface area (Å²) in [5.74, 6) is 0.629. The van der Waals surface area contributed by atoms with Crippen molar-refractivity contribution < 1.29 is 9.21 Å². The van der Waals surface area contributed by atoms with Crippen molar-refractivity contribution in [2.45, 2.75) is 19.9 Å². The van der Waals surface area contributed by atoms with Crippen LogP contribution in [0.1, 0.15) is 28.4 Å². The first kappa shape index (κ1) is 15.8. The molecular formula is C23H18N2O2. The lowest BCUT2D eigenvalue weighted by molar-refractivity contribution is 0.0996. The number of fused-ring (bicyclic) bond motifs is 2. The SMILES string of the molecule is CCc1ccc(-c2nc3cc(N4Cc5ccccc5C4=O)ccc3o2)cc1. The number of hydrogen-bond acceptors (Lipinski definition) is 3. The molecule has 1 aliphatic heterocycles. The molecule has 1 aromatic heterocycles. The maximum absolute atomic E-state index is 12.7. The number of aryl methyl sites for hydroxylation is 1. The van der Waals surface area contributed by atoms with E-state index in [2.05, 4.69) is 24.0 Å². The maximum Gasteiger partial charge on any atom is 0.258 e. The fourth-order valence-corrected chi connectivity index (χ4v) is 3.55. The smallest absolute Gasteiger partial charge is 0.258 e. The Bertz CT molecular complexity index is 1160. The third kappa shape index (κ3) is 2.61. The first-order valence-electron chi connectivity index (χ1n) is 9.12. The molecule has 0 fully saturated rings. The lowest BCUT2D eigenvalue weighted by atomic mass is 10.1. The molecule has 27 heavy (non-hydrogen) atoms. The van der Waals surface area contributed by atoms with Gasteiger partial charge in [-0.15, -0.1) is 0 Å². The summed E-state index contributed by atoms with van der Waals surface area (Å²) in [6.45, 7) is 2.72. The largest absolute Gasteiger partial charge is 0.436 e. The van der Waals surface area contributed by atoms with Crippen LogP contribution in [0.2, 0.25) is 0 Å². The molecule has 3 aromatic carbocycles. The van der Waals surface area contributed by atoms with Crippen molar-refractivity contribution in [3.8, 4) is 11.5 Å². The fraction of sp³-hybridized carbons (Fsp3) is 0.130. The Morgan fingerprint density at radius 2 is 1.85 bits per heavy atom. The molecule has 0 radical (unpaired) electrons. The van der Waals surface area contributed by atoms with Gasteiger partial charge >= 0.3 is 0 Å². The predicted octanol–water partition coefficient (Wildman–Crippen LogP) is 5.22.